The molecule has 0 spiro atoms. The Balaban J connectivity index is 2.00. The molecule has 0 bridgehead atoms. The average Bonchev–Trinajstić information content (AvgIpc) is 2.60. The zero-order chi connectivity index (χ0) is 17.5. The number of carbonyl (C=O) groups is 1. The summed E-state index contributed by atoms with van der Waals surface area (Å²) in [6.07, 6.45) is 0. The summed E-state index contributed by atoms with van der Waals surface area (Å²) in [6, 6.07) is 12.3. The van der Waals surface area contributed by atoms with Crippen molar-refractivity contribution in [3.63, 3.8) is 0 Å². The number of carbonyl (C=O) groups excluding carboxylic acids is 1. The van der Waals surface area contributed by atoms with E-state index in [0.717, 1.165) is 0 Å². The van der Waals surface area contributed by atoms with Crippen LogP contribution < -0.4 is 14.2 Å². The largest absolute Gasteiger partial charge is 0.493 e. The Morgan fingerprint density at radius 1 is 1.12 bits per heavy atom. The number of rotatable bonds is 7. The van der Waals surface area contributed by atoms with E-state index < -0.39 is 0 Å². The van der Waals surface area contributed by atoms with E-state index in [4.69, 9.17) is 25.8 Å². The molecule has 0 N–H and O–H groups in total. The van der Waals surface area contributed by atoms with Crippen LogP contribution in [0.3, 0.4) is 0 Å². The monoisotopic (exact) mass is 349 g/mol. The third-order valence-electron chi connectivity index (χ3n) is 3.47. The summed E-state index contributed by atoms with van der Waals surface area (Å²) in [5, 5.41) is 0.609. The molecule has 0 atom stereocenters. The third kappa shape index (κ3) is 4.32. The Hall–Kier alpha value is -2.40. The van der Waals surface area contributed by atoms with Gasteiger partial charge < -0.3 is 19.1 Å². The van der Waals surface area contributed by atoms with E-state index in [1.54, 1.807) is 42.3 Å². The molecule has 0 saturated carbocycles. The average molecular weight is 350 g/mol. The molecule has 0 aliphatic heterocycles. The zero-order valence-electron chi connectivity index (χ0n) is 13.9. The SMILES string of the molecule is COc1cccc(C(=O)N(C)CCOc2cccc(Cl)c2)c1OC. The number of ether oxygens (including phenoxy) is 3. The third-order valence-corrected chi connectivity index (χ3v) is 3.71. The van der Waals surface area contributed by atoms with Gasteiger partial charge in [0.2, 0.25) is 0 Å². The number of likely N-dealkylation sites (N-methyl/N-ethyl adjacent to an activating group) is 1. The minimum Gasteiger partial charge on any atom is -0.493 e. The van der Waals surface area contributed by atoms with Crippen LogP contribution in [0.4, 0.5) is 0 Å². The first-order valence-corrected chi connectivity index (χ1v) is 7.79. The van der Waals surface area contributed by atoms with Crippen LogP contribution in [0.5, 0.6) is 17.2 Å². The molecule has 0 heterocycles. The number of halogens is 1. The maximum Gasteiger partial charge on any atom is 0.257 e. The summed E-state index contributed by atoms with van der Waals surface area (Å²) in [7, 11) is 4.76. The number of amides is 1. The first-order chi connectivity index (χ1) is 11.6. The van der Waals surface area contributed by atoms with Crippen molar-refractivity contribution in [2.75, 3.05) is 34.4 Å². The molecule has 2 aromatic carbocycles. The second-order valence-electron chi connectivity index (χ2n) is 5.07. The molecule has 0 aliphatic rings. The van der Waals surface area contributed by atoms with E-state index in [1.807, 2.05) is 12.1 Å². The van der Waals surface area contributed by atoms with Gasteiger partial charge in [0.05, 0.1) is 26.3 Å². The summed E-state index contributed by atoms with van der Waals surface area (Å²) in [5.74, 6) is 1.45. The summed E-state index contributed by atoms with van der Waals surface area (Å²) < 4.78 is 16.1. The van der Waals surface area contributed by atoms with Gasteiger partial charge in [0, 0.05) is 12.1 Å². The van der Waals surface area contributed by atoms with E-state index in [2.05, 4.69) is 0 Å². The van der Waals surface area contributed by atoms with Crippen molar-refractivity contribution in [3.8, 4) is 17.2 Å². The lowest BCUT2D eigenvalue weighted by atomic mass is 10.1. The molecule has 6 heteroatoms. The number of methoxy groups -OCH3 is 2. The molecule has 0 unspecified atom stereocenters. The molecule has 0 aromatic heterocycles. The Kier molecular flexibility index (Phi) is 6.32. The van der Waals surface area contributed by atoms with Gasteiger partial charge in [0.1, 0.15) is 12.4 Å². The summed E-state index contributed by atoms with van der Waals surface area (Å²) in [4.78, 5) is 14.2. The molecule has 5 nitrogen and oxygen atoms in total. The first kappa shape index (κ1) is 17.9. The summed E-state index contributed by atoms with van der Waals surface area (Å²) in [6.45, 7) is 0.778. The smallest absolute Gasteiger partial charge is 0.257 e. The van der Waals surface area contributed by atoms with Gasteiger partial charge in [-0.15, -0.1) is 0 Å². The van der Waals surface area contributed by atoms with Gasteiger partial charge in [0.25, 0.3) is 5.91 Å². The van der Waals surface area contributed by atoms with Gasteiger partial charge in [-0.25, -0.2) is 0 Å². The molecule has 0 aliphatic carbocycles. The van der Waals surface area contributed by atoms with Crippen LogP contribution in [0, 0.1) is 0 Å². The van der Waals surface area contributed by atoms with E-state index in [0.29, 0.717) is 41.0 Å². The minimum atomic E-state index is -0.166. The van der Waals surface area contributed by atoms with Crippen LogP contribution in [0.1, 0.15) is 10.4 Å². The highest BCUT2D eigenvalue weighted by Gasteiger charge is 2.19. The van der Waals surface area contributed by atoms with Gasteiger partial charge in [0.15, 0.2) is 11.5 Å². The fourth-order valence-corrected chi connectivity index (χ4v) is 2.40. The Labute approximate surface area is 146 Å². The number of para-hydroxylation sites is 1. The van der Waals surface area contributed by atoms with Crippen LogP contribution >= 0.6 is 11.6 Å². The molecule has 1 amide bonds. The fraction of sp³-hybridized carbons (Fsp3) is 0.278. The maximum atomic E-state index is 12.6. The molecular weight excluding hydrogens is 330 g/mol. The number of hydrogen-bond donors (Lipinski definition) is 0. The first-order valence-electron chi connectivity index (χ1n) is 7.41. The van der Waals surface area contributed by atoms with Gasteiger partial charge in [-0.3, -0.25) is 4.79 Å². The van der Waals surface area contributed by atoms with E-state index in [9.17, 15) is 4.79 Å². The highest BCUT2D eigenvalue weighted by Crippen LogP contribution is 2.31. The molecule has 24 heavy (non-hydrogen) atoms. The van der Waals surface area contributed by atoms with Crippen LogP contribution in [-0.4, -0.2) is 45.2 Å². The van der Waals surface area contributed by atoms with Crippen LogP contribution in [0.2, 0.25) is 5.02 Å². The number of benzene rings is 2. The summed E-state index contributed by atoms with van der Waals surface area (Å²) >= 11 is 5.91. The van der Waals surface area contributed by atoms with Crippen molar-refractivity contribution in [1.29, 1.82) is 0 Å². The number of nitrogens with zero attached hydrogens (tertiary/aromatic N) is 1. The lowest BCUT2D eigenvalue weighted by molar-refractivity contribution is 0.0769. The van der Waals surface area contributed by atoms with Crippen molar-refractivity contribution >= 4 is 17.5 Å². The normalized spacial score (nSPS) is 10.2. The highest BCUT2D eigenvalue weighted by atomic mass is 35.5. The van der Waals surface area contributed by atoms with Crippen molar-refractivity contribution in [2.24, 2.45) is 0 Å². The molecule has 128 valence electrons. The Bertz CT molecular complexity index is 705. The zero-order valence-corrected chi connectivity index (χ0v) is 14.7. The van der Waals surface area contributed by atoms with Crippen LogP contribution in [0.25, 0.3) is 0 Å². The predicted molar refractivity (Wildman–Crippen MR) is 93.5 cm³/mol. The van der Waals surface area contributed by atoms with Crippen LogP contribution in [0.15, 0.2) is 42.5 Å². The molecule has 2 aromatic rings. The standard InChI is InChI=1S/C18H20ClNO4/c1-20(10-11-24-14-7-4-6-13(19)12-14)18(21)15-8-5-9-16(22-2)17(15)23-3/h4-9,12H,10-11H2,1-3H3. The van der Waals surface area contributed by atoms with E-state index >= 15 is 0 Å². The van der Waals surface area contributed by atoms with Crippen molar-refractivity contribution in [3.05, 3.63) is 53.1 Å². The molecular formula is C18H20ClNO4. The van der Waals surface area contributed by atoms with E-state index in [-0.39, 0.29) is 5.91 Å². The second kappa shape index (κ2) is 8.45. The second-order valence-corrected chi connectivity index (χ2v) is 5.51. The molecule has 2 rings (SSSR count). The lowest BCUT2D eigenvalue weighted by Crippen LogP contribution is -2.31. The lowest BCUT2D eigenvalue weighted by Gasteiger charge is -2.19. The van der Waals surface area contributed by atoms with Crippen molar-refractivity contribution in [2.45, 2.75) is 0 Å². The molecule has 0 saturated heterocycles. The van der Waals surface area contributed by atoms with Crippen molar-refractivity contribution in [1.82, 2.24) is 4.90 Å². The Morgan fingerprint density at radius 2 is 1.88 bits per heavy atom. The van der Waals surface area contributed by atoms with Crippen LogP contribution in [-0.2, 0) is 0 Å². The molecule has 0 fully saturated rings. The highest BCUT2D eigenvalue weighted by molar-refractivity contribution is 6.30. The van der Waals surface area contributed by atoms with Crippen molar-refractivity contribution < 1.29 is 19.0 Å². The van der Waals surface area contributed by atoms with E-state index in [1.165, 1.54) is 14.2 Å². The number of hydrogen-bond acceptors (Lipinski definition) is 4. The fourth-order valence-electron chi connectivity index (χ4n) is 2.22. The Morgan fingerprint density at radius 3 is 2.54 bits per heavy atom. The topological polar surface area (TPSA) is 48.0 Å². The predicted octanol–water partition coefficient (Wildman–Crippen LogP) is 3.51. The molecule has 0 radical (unpaired) electrons. The quantitative estimate of drug-likeness (QED) is 0.767. The minimum absolute atomic E-state index is 0.166. The maximum absolute atomic E-state index is 12.6. The van der Waals surface area contributed by atoms with Gasteiger partial charge in [-0.1, -0.05) is 23.7 Å². The van der Waals surface area contributed by atoms with Gasteiger partial charge in [-0.05, 0) is 30.3 Å². The van der Waals surface area contributed by atoms with Gasteiger partial charge >= 0.3 is 0 Å². The van der Waals surface area contributed by atoms with Gasteiger partial charge in [-0.2, -0.15) is 0 Å². The summed E-state index contributed by atoms with van der Waals surface area (Å²) in [5.41, 5.74) is 0.446.